The van der Waals surface area contributed by atoms with Crippen LogP contribution in [-0.4, -0.2) is 41.8 Å². The van der Waals surface area contributed by atoms with Gasteiger partial charge in [-0.2, -0.15) is 26.3 Å². The number of methoxy groups -OCH3 is 1. The molecule has 0 aromatic heterocycles. The van der Waals surface area contributed by atoms with Gasteiger partial charge in [0, 0.05) is 6.42 Å². The van der Waals surface area contributed by atoms with Crippen LogP contribution < -0.4 is 0 Å². The van der Waals surface area contributed by atoms with Gasteiger partial charge in [0.1, 0.15) is 0 Å². The summed E-state index contributed by atoms with van der Waals surface area (Å²) in [4.78, 5) is 11.6. The topological polar surface area (TPSA) is 46.5 Å². The van der Waals surface area contributed by atoms with Crippen LogP contribution in [0.5, 0.6) is 0 Å². The van der Waals surface area contributed by atoms with E-state index in [0.717, 1.165) is 0 Å². The Hall–Kier alpha value is -1.84. The fraction of sp³-hybridized carbons (Fsp3) is 0.533. The zero-order valence-electron chi connectivity index (χ0n) is 12.9. The number of benzene rings is 1. The predicted molar refractivity (Wildman–Crippen MR) is 72.3 cm³/mol. The van der Waals surface area contributed by atoms with E-state index in [4.69, 9.17) is 0 Å². The Balaban J connectivity index is 3.18. The average Bonchev–Trinajstić information content (AvgIpc) is 2.51. The van der Waals surface area contributed by atoms with E-state index >= 15 is 0 Å². The smallest absolute Gasteiger partial charge is 0.431 e. The van der Waals surface area contributed by atoms with Crippen LogP contribution in [0.4, 0.5) is 30.7 Å². The van der Waals surface area contributed by atoms with Gasteiger partial charge in [-0.1, -0.05) is 30.3 Å². The number of alkyl halides is 7. The highest BCUT2D eigenvalue weighted by Crippen LogP contribution is 2.51. The maximum absolute atomic E-state index is 13.9. The maximum atomic E-state index is 13.9. The molecule has 0 aliphatic heterocycles. The summed E-state index contributed by atoms with van der Waals surface area (Å²) in [7, 11) is 0.664. The van der Waals surface area contributed by atoms with E-state index in [1.807, 2.05) is 0 Å². The molecule has 0 heterocycles. The molecule has 10 heteroatoms. The highest BCUT2D eigenvalue weighted by Gasteiger charge is 2.74. The number of aryl methyl sites for hydroxylation is 1. The fourth-order valence-corrected chi connectivity index (χ4v) is 2.21. The molecule has 3 nitrogen and oxygen atoms in total. The van der Waals surface area contributed by atoms with E-state index < -0.39 is 42.4 Å². The monoisotopic (exact) mass is 376 g/mol. The number of esters is 1. The van der Waals surface area contributed by atoms with E-state index in [1.165, 1.54) is 24.3 Å². The summed E-state index contributed by atoms with van der Waals surface area (Å²) >= 11 is 0. The van der Waals surface area contributed by atoms with Gasteiger partial charge in [-0.15, -0.1) is 0 Å². The lowest BCUT2D eigenvalue weighted by molar-refractivity contribution is -0.351. The molecule has 1 N–H and O–H groups in total. The summed E-state index contributed by atoms with van der Waals surface area (Å²) in [6.07, 6.45) is -16.5. The predicted octanol–water partition coefficient (Wildman–Crippen LogP) is 3.75. The van der Waals surface area contributed by atoms with Crippen molar-refractivity contribution in [1.29, 1.82) is 0 Å². The number of hydrogen-bond donors (Lipinski definition) is 1. The summed E-state index contributed by atoms with van der Waals surface area (Å²) in [5.74, 6) is -1.78. The number of rotatable bonds is 6. The van der Waals surface area contributed by atoms with Gasteiger partial charge >= 0.3 is 24.0 Å². The van der Waals surface area contributed by atoms with Crippen molar-refractivity contribution >= 4 is 5.97 Å². The number of hydrogen-bond acceptors (Lipinski definition) is 3. The fourth-order valence-electron chi connectivity index (χ4n) is 2.21. The van der Waals surface area contributed by atoms with Crippen LogP contribution in [0, 0.1) is 0 Å². The molecule has 0 saturated carbocycles. The Morgan fingerprint density at radius 2 is 1.48 bits per heavy atom. The van der Waals surface area contributed by atoms with E-state index in [1.54, 1.807) is 6.07 Å². The van der Waals surface area contributed by atoms with Crippen molar-refractivity contribution in [1.82, 2.24) is 0 Å². The Kier molecular flexibility index (Phi) is 6.09. The summed E-state index contributed by atoms with van der Waals surface area (Å²) in [5, 5.41) is 10.1. The molecule has 0 amide bonds. The van der Waals surface area contributed by atoms with Crippen LogP contribution in [-0.2, 0) is 16.0 Å². The van der Waals surface area contributed by atoms with Crippen LogP contribution in [0.15, 0.2) is 30.3 Å². The van der Waals surface area contributed by atoms with Crippen LogP contribution in [0.2, 0.25) is 0 Å². The minimum Gasteiger partial charge on any atom is -0.467 e. The third-order valence-electron chi connectivity index (χ3n) is 3.67. The molecular weight excluding hydrogens is 361 g/mol. The molecule has 1 unspecified atom stereocenters. The Morgan fingerprint density at radius 3 is 1.88 bits per heavy atom. The third kappa shape index (κ3) is 4.62. The lowest BCUT2D eigenvalue weighted by atomic mass is 9.83. The first-order valence-corrected chi connectivity index (χ1v) is 6.94. The molecule has 0 bridgehead atoms. The van der Waals surface area contributed by atoms with Crippen molar-refractivity contribution < 1.29 is 45.4 Å². The molecule has 0 spiro atoms. The number of carbonyl (C=O) groups excluding carboxylic acids is 1. The highest BCUT2D eigenvalue weighted by atomic mass is 19.4. The molecule has 0 radical (unpaired) electrons. The Labute approximate surface area is 138 Å². The van der Waals surface area contributed by atoms with E-state index in [0.29, 0.717) is 12.7 Å². The van der Waals surface area contributed by atoms with E-state index in [-0.39, 0.29) is 6.42 Å². The van der Waals surface area contributed by atoms with Crippen molar-refractivity contribution in [3.63, 3.8) is 0 Å². The second-order valence-corrected chi connectivity index (χ2v) is 5.48. The van der Waals surface area contributed by atoms with Crippen molar-refractivity contribution in [2.75, 3.05) is 7.11 Å². The first-order valence-electron chi connectivity index (χ1n) is 6.94. The van der Waals surface area contributed by atoms with Crippen LogP contribution in [0.25, 0.3) is 0 Å². The molecule has 1 aromatic carbocycles. The maximum Gasteiger partial charge on any atom is 0.431 e. The normalized spacial score (nSPS) is 15.6. The zero-order valence-corrected chi connectivity index (χ0v) is 12.9. The number of carbonyl (C=O) groups is 1. The third-order valence-corrected chi connectivity index (χ3v) is 3.67. The largest absolute Gasteiger partial charge is 0.467 e. The standard InChI is InChI=1S/C15H15F7O3/c1-25-11(23)12(24,8-7-10-5-3-2-4-6-10)9-13(16,14(17,18)19)15(20,21)22/h2-6,24H,7-9H2,1H3. The van der Waals surface area contributed by atoms with Crippen molar-refractivity contribution in [3.05, 3.63) is 35.9 Å². The molecular formula is C15H15F7O3. The molecule has 0 aliphatic rings. The lowest BCUT2D eigenvalue weighted by Crippen LogP contribution is -2.59. The minimum atomic E-state index is -6.38. The molecule has 1 atom stereocenters. The first kappa shape index (κ1) is 21.2. The molecule has 0 saturated heterocycles. The Morgan fingerprint density at radius 1 is 1.00 bits per heavy atom. The summed E-state index contributed by atoms with van der Waals surface area (Å²) in [6, 6.07) is 7.65. The molecule has 25 heavy (non-hydrogen) atoms. The van der Waals surface area contributed by atoms with E-state index in [2.05, 4.69) is 4.74 Å². The van der Waals surface area contributed by atoms with Crippen LogP contribution in [0.3, 0.4) is 0 Å². The van der Waals surface area contributed by atoms with Gasteiger partial charge < -0.3 is 9.84 Å². The Bertz CT molecular complexity index is 569. The van der Waals surface area contributed by atoms with Gasteiger partial charge in [-0.3, -0.25) is 0 Å². The van der Waals surface area contributed by atoms with E-state index in [9.17, 15) is 40.6 Å². The molecule has 1 aromatic rings. The second-order valence-electron chi connectivity index (χ2n) is 5.48. The molecule has 1 rings (SSSR count). The van der Waals surface area contributed by atoms with Crippen molar-refractivity contribution in [2.45, 2.75) is 42.9 Å². The molecule has 0 fully saturated rings. The second kappa shape index (κ2) is 7.19. The number of halogens is 7. The van der Waals surface area contributed by atoms with Gasteiger partial charge in [-0.05, 0) is 18.4 Å². The summed E-state index contributed by atoms with van der Waals surface area (Å²) in [5.41, 5.74) is -8.66. The average molecular weight is 376 g/mol. The zero-order chi connectivity index (χ0) is 19.5. The lowest BCUT2D eigenvalue weighted by Gasteiger charge is -2.36. The van der Waals surface area contributed by atoms with Crippen LogP contribution >= 0.6 is 0 Å². The van der Waals surface area contributed by atoms with Gasteiger partial charge in [0.05, 0.1) is 7.11 Å². The van der Waals surface area contributed by atoms with Crippen LogP contribution in [0.1, 0.15) is 18.4 Å². The van der Waals surface area contributed by atoms with Crippen molar-refractivity contribution in [3.8, 4) is 0 Å². The minimum absolute atomic E-state index is 0.266. The summed E-state index contributed by atoms with van der Waals surface area (Å²) < 4.78 is 94.2. The summed E-state index contributed by atoms with van der Waals surface area (Å²) in [6.45, 7) is 0. The first-order chi connectivity index (χ1) is 11.3. The van der Waals surface area contributed by atoms with Crippen molar-refractivity contribution in [2.24, 2.45) is 0 Å². The van der Waals surface area contributed by atoms with Gasteiger partial charge in [-0.25, -0.2) is 9.18 Å². The SMILES string of the molecule is COC(=O)C(O)(CCc1ccccc1)CC(F)(C(F)(F)F)C(F)(F)F. The van der Waals surface area contributed by atoms with Gasteiger partial charge in [0.25, 0.3) is 0 Å². The number of aliphatic hydroxyl groups is 1. The molecule has 0 aliphatic carbocycles. The number of ether oxygens (including phenoxy) is 1. The molecule has 142 valence electrons. The highest BCUT2D eigenvalue weighted by molar-refractivity contribution is 5.79. The quantitative estimate of drug-likeness (QED) is 0.608. The van der Waals surface area contributed by atoms with Gasteiger partial charge in [0.2, 0.25) is 0 Å². The van der Waals surface area contributed by atoms with Gasteiger partial charge in [0.15, 0.2) is 5.60 Å².